The molecule has 1 saturated heterocycles. The first kappa shape index (κ1) is 16.8. The minimum atomic E-state index is -4.41. The van der Waals surface area contributed by atoms with Crippen molar-refractivity contribution in [2.75, 3.05) is 6.54 Å². The second-order valence-corrected chi connectivity index (χ2v) is 6.38. The summed E-state index contributed by atoms with van der Waals surface area (Å²) in [6, 6.07) is 5.41. The van der Waals surface area contributed by atoms with Crippen LogP contribution < -0.4 is 5.43 Å². The van der Waals surface area contributed by atoms with Crippen LogP contribution >= 0.6 is 0 Å². The molecule has 1 aliphatic heterocycles. The highest BCUT2D eigenvalue weighted by Gasteiger charge is 2.50. The van der Waals surface area contributed by atoms with Crippen LogP contribution in [0.15, 0.2) is 24.3 Å². The first-order chi connectivity index (χ1) is 10.1. The summed E-state index contributed by atoms with van der Waals surface area (Å²) in [5.41, 5.74) is 3.25. The molecule has 22 heavy (non-hydrogen) atoms. The van der Waals surface area contributed by atoms with Crippen molar-refractivity contribution < 1.29 is 18.0 Å². The van der Waals surface area contributed by atoms with E-state index in [9.17, 15) is 18.0 Å². The molecule has 0 aliphatic carbocycles. The van der Waals surface area contributed by atoms with Crippen molar-refractivity contribution in [1.29, 1.82) is 0 Å². The lowest BCUT2D eigenvalue weighted by atomic mass is 9.93. The lowest BCUT2D eigenvalue weighted by molar-refractivity contribution is -0.188. The van der Waals surface area contributed by atoms with Gasteiger partial charge in [-0.05, 0) is 37.8 Å². The van der Waals surface area contributed by atoms with Gasteiger partial charge in [0.25, 0.3) is 0 Å². The summed E-state index contributed by atoms with van der Waals surface area (Å²) in [6.07, 6.45) is -3.74. The fourth-order valence-electron chi connectivity index (χ4n) is 2.54. The highest BCUT2D eigenvalue weighted by atomic mass is 19.4. The van der Waals surface area contributed by atoms with Crippen molar-refractivity contribution in [2.45, 2.75) is 45.8 Å². The fraction of sp³-hybridized carbons (Fsp3) is 0.562. The standard InChI is InChI=1S/C16H21F3N2O/c1-4-11-5-7-12(8-6-11)9-13(16(17,18)19)21-10-15(2,3)14(22)20-21/h5-8,13H,4,9-10H2,1-3H3,(H,20,22)/t13-/m0/s1. The van der Waals surface area contributed by atoms with Crippen molar-refractivity contribution in [3.8, 4) is 0 Å². The minimum absolute atomic E-state index is 0.0447. The zero-order valence-corrected chi connectivity index (χ0v) is 13.0. The van der Waals surface area contributed by atoms with Gasteiger partial charge in [-0.3, -0.25) is 10.2 Å². The Morgan fingerprint density at radius 2 is 1.77 bits per heavy atom. The van der Waals surface area contributed by atoms with Gasteiger partial charge in [-0.25, -0.2) is 5.01 Å². The van der Waals surface area contributed by atoms with Gasteiger partial charge >= 0.3 is 6.18 Å². The molecule has 1 N–H and O–H groups in total. The number of aryl methyl sites for hydroxylation is 1. The van der Waals surface area contributed by atoms with Gasteiger partial charge in [0.05, 0.1) is 5.41 Å². The molecule has 1 atom stereocenters. The zero-order valence-electron chi connectivity index (χ0n) is 13.0. The number of hydrazine groups is 1. The molecule has 1 aromatic carbocycles. The molecular formula is C16H21F3N2O. The van der Waals surface area contributed by atoms with Crippen molar-refractivity contribution in [2.24, 2.45) is 5.41 Å². The van der Waals surface area contributed by atoms with Gasteiger partial charge in [-0.2, -0.15) is 13.2 Å². The number of hydrogen-bond acceptors (Lipinski definition) is 2. The molecule has 0 saturated carbocycles. The fourth-order valence-corrected chi connectivity index (χ4v) is 2.54. The number of nitrogens with one attached hydrogen (secondary N) is 1. The van der Waals surface area contributed by atoms with E-state index in [2.05, 4.69) is 5.43 Å². The van der Waals surface area contributed by atoms with Crippen LogP contribution in [0, 0.1) is 5.41 Å². The van der Waals surface area contributed by atoms with Crippen LogP contribution in [0.2, 0.25) is 0 Å². The summed E-state index contributed by atoms with van der Waals surface area (Å²) in [5, 5.41) is 1.02. The third kappa shape index (κ3) is 3.61. The summed E-state index contributed by atoms with van der Waals surface area (Å²) < 4.78 is 40.2. The van der Waals surface area contributed by atoms with E-state index in [1.807, 2.05) is 19.1 Å². The molecule has 1 amide bonds. The Bertz CT molecular complexity index is 537. The Morgan fingerprint density at radius 3 is 2.18 bits per heavy atom. The number of nitrogens with zero attached hydrogens (tertiary/aromatic N) is 1. The van der Waals surface area contributed by atoms with E-state index in [4.69, 9.17) is 0 Å². The Labute approximate surface area is 128 Å². The number of carbonyl (C=O) groups is 1. The van der Waals surface area contributed by atoms with E-state index < -0.39 is 17.6 Å². The first-order valence-corrected chi connectivity index (χ1v) is 7.36. The third-order valence-corrected chi connectivity index (χ3v) is 4.04. The maximum atomic E-state index is 13.4. The zero-order chi connectivity index (χ0) is 16.5. The third-order valence-electron chi connectivity index (χ3n) is 4.04. The second-order valence-electron chi connectivity index (χ2n) is 6.38. The van der Waals surface area contributed by atoms with Crippen molar-refractivity contribution >= 4 is 5.91 Å². The normalized spacial score (nSPS) is 20.0. The van der Waals surface area contributed by atoms with Crippen LogP contribution in [-0.4, -0.2) is 29.7 Å². The molecule has 3 nitrogen and oxygen atoms in total. The predicted molar refractivity (Wildman–Crippen MR) is 78.0 cm³/mol. The lowest BCUT2D eigenvalue weighted by Crippen LogP contribution is -2.51. The van der Waals surface area contributed by atoms with E-state index >= 15 is 0 Å². The number of benzene rings is 1. The summed E-state index contributed by atoms with van der Waals surface area (Å²) in [6.45, 7) is 5.33. The molecule has 0 radical (unpaired) electrons. The molecule has 0 aromatic heterocycles. The van der Waals surface area contributed by atoms with Gasteiger partial charge in [-0.1, -0.05) is 31.2 Å². The van der Waals surface area contributed by atoms with Crippen LogP contribution in [0.25, 0.3) is 0 Å². The lowest BCUT2D eigenvalue weighted by Gasteiger charge is -2.29. The van der Waals surface area contributed by atoms with Crippen LogP contribution in [0.4, 0.5) is 13.2 Å². The number of hydrogen-bond donors (Lipinski definition) is 1. The maximum absolute atomic E-state index is 13.4. The van der Waals surface area contributed by atoms with Crippen molar-refractivity contribution in [3.05, 3.63) is 35.4 Å². The number of amides is 1. The van der Waals surface area contributed by atoms with Gasteiger partial charge in [-0.15, -0.1) is 0 Å². The van der Waals surface area contributed by atoms with Gasteiger partial charge in [0.15, 0.2) is 0 Å². The number of halogens is 3. The van der Waals surface area contributed by atoms with Crippen molar-refractivity contribution in [1.82, 2.24) is 10.4 Å². The monoisotopic (exact) mass is 314 g/mol. The quantitative estimate of drug-likeness (QED) is 0.926. The summed E-state index contributed by atoms with van der Waals surface area (Å²) in [5.74, 6) is -0.372. The number of carbonyl (C=O) groups excluding carboxylic acids is 1. The van der Waals surface area contributed by atoms with E-state index in [0.29, 0.717) is 5.56 Å². The van der Waals surface area contributed by atoms with Gasteiger partial charge in [0.1, 0.15) is 6.04 Å². The van der Waals surface area contributed by atoms with Gasteiger partial charge in [0, 0.05) is 6.54 Å². The maximum Gasteiger partial charge on any atom is 0.406 e. The van der Waals surface area contributed by atoms with Gasteiger partial charge < -0.3 is 0 Å². The molecule has 6 heteroatoms. The average molecular weight is 314 g/mol. The molecule has 1 fully saturated rings. The molecule has 2 rings (SSSR count). The average Bonchev–Trinajstić information content (AvgIpc) is 2.69. The second kappa shape index (κ2) is 5.91. The van der Waals surface area contributed by atoms with Crippen LogP contribution in [0.1, 0.15) is 31.9 Å². The molecular weight excluding hydrogens is 293 g/mol. The van der Waals surface area contributed by atoms with E-state index in [0.717, 1.165) is 17.0 Å². The summed E-state index contributed by atoms with van der Waals surface area (Å²) in [7, 11) is 0. The highest BCUT2D eigenvalue weighted by Crippen LogP contribution is 2.32. The molecule has 0 unspecified atom stereocenters. The molecule has 0 spiro atoms. The highest BCUT2D eigenvalue weighted by molar-refractivity contribution is 5.83. The van der Waals surface area contributed by atoms with E-state index in [1.165, 1.54) is 0 Å². The van der Waals surface area contributed by atoms with Gasteiger partial charge in [0.2, 0.25) is 5.91 Å². The Balaban J connectivity index is 2.19. The number of alkyl halides is 3. The van der Waals surface area contributed by atoms with Crippen LogP contribution in [0.5, 0.6) is 0 Å². The summed E-state index contributed by atoms with van der Waals surface area (Å²) in [4.78, 5) is 11.8. The van der Waals surface area contributed by atoms with Crippen LogP contribution in [-0.2, 0) is 17.6 Å². The smallest absolute Gasteiger partial charge is 0.288 e. The predicted octanol–water partition coefficient (Wildman–Crippen LogP) is 3.10. The first-order valence-electron chi connectivity index (χ1n) is 7.36. The molecule has 0 bridgehead atoms. The Hall–Kier alpha value is -1.56. The minimum Gasteiger partial charge on any atom is -0.288 e. The topological polar surface area (TPSA) is 32.3 Å². The van der Waals surface area contributed by atoms with E-state index in [1.54, 1.807) is 26.0 Å². The SMILES string of the molecule is CCc1ccc(C[C@H](N2CC(C)(C)C(=O)N2)C(F)(F)F)cc1. The Morgan fingerprint density at radius 1 is 1.23 bits per heavy atom. The summed E-state index contributed by atoms with van der Waals surface area (Å²) >= 11 is 0. The van der Waals surface area contributed by atoms with Crippen LogP contribution in [0.3, 0.4) is 0 Å². The molecule has 1 aliphatic rings. The largest absolute Gasteiger partial charge is 0.406 e. The molecule has 122 valence electrons. The molecule has 1 aromatic rings. The number of rotatable bonds is 4. The van der Waals surface area contributed by atoms with Crippen molar-refractivity contribution in [3.63, 3.8) is 0 Å². The Kier molecular flexibility index (Phi) is 4.52. The van der Waals surface area contributed by atoms with E-state index in [-0.39, 0.29) is 18.9 Å². The molecule has 1 heterocycles.